The summed E-state index contributed by atoms with van der Waals surface area (Å²) < 4.78 is 5.12. The maximum Gasteiger partial charge on any atom is 0.193 e. The number of aliphatic imine (C=N–C) groups is 1. The highest BCUT2D eigenvalue weighted by molar-refractivity contribution is 14.0. The van der Waals surface area contributed by atoms with E-state index >= 15 is 0 Å². The number of guanidine groups is 1. The third-order valence-electron chi connectivity index (χ3n) is 3.62. The average Bonchev–Trinajstić information content (AvgIpc) is 2.54. The molecular formula is C18H23ClIN3O. The molecule has 130 valence electrons. The number of nitrogens with one attached hydrogen (secondary N) is 1. The van der Waals surface area contributed by atoms with Crippen LogP contribution in [0, 0.1) is 0 Å². The molecule has 0 radical (unpaired) electrons. The number of nitrogens with two attached hydrogens (primary N) is 1. The lowest BCUT2D eigenvalue weighted by atomic mass is 9.85. The molecule has 4 nitrogen and oxygen atoms in total. The first kappa shape index (κ1) is 20.6. The Labute approximate surface area is 165 Å². The van der Waals surface area contributed by atoms with Crippen molar-refractivity contribution in [2.75, 3.05) is 19.0 Å². The Bertz CT molecular complexity index is 690. The quantitative estimate of drug-likeness (QED) is 0.388. The van der Waals surface area contributed by atoms with Gasteiger partial charge in [0.1, 0.15) is 5.75 Å². The Morgan fingerprint density at radius 2 is 1.88 bits per heavy atom. The van der Waals surface area contributed by atoms with Crippen molar-refractivity contribution in [3.63, 3.8) is 0 Å². The molecule has 0 spiro atoms. The maximum absolute atomic E-state index is 6.10. The first-order chi connectivity index (χ1) is 10.9. The summed E-state index contributed by atoms with van der Waals surface area (Å²) in [6.07, 6.45) is 0. The lowest BCUT2D eigenvalue weighted by molar-refractivity contribution is 0.415. The van der Waals surface area contributed by atoms with E-state index in [1.807, 2.05) is 24.3 Å². The standard InChI is InChI=1S/C18H22ClN3O.HI/c1-18(2,13-7-5-4-6-8-13)12-21-17(20)22-14-9-10-16(23-3)15(19)11-14;/h4-11H,12H2,1-3H3,(H3,20,21,22);1H. The zero-order chi connectivity index (χ0) is 16.9. The van der Waals surface area contributed by atoms with Crippen molar-refractivity contribution >= 4 is 47.2 Å². The molecule has 0 heterocycles. The molecule has 3 N–H and O–H groups in total. The number of hydrogen-bond acceptors (Lipinski definition) is 2. The van der Waals surface area contributed by atoms with E-state index in [0.29, 0.717) is 23.3 Å². The minimum atomic E-state index is -0.0921. The van der Waals surface area contributed by atoms with Crippen molar-refractivity contribution in [1.82, 2.24) is 0 Å². The first-order valence-electron chi connectivity index (χ1n) is 7.38. The Kier molecular flexibility index (Phi) is 7.83. The molecule has 0 aromatic heterocycles. The van der Waals surface area contributed by atoms with Gasteiger partial charge in [0.2, 0.25) is 0 Å². The number of halogens is 2. The van der Waals surface area contributed by atoms with Crippen molar-refractivity contribution < 1.29 is 4.74 Å². The van der Waals surface area contributed by atoms with Crippen LogP contribution < -0.4 is 15.8 Å². The Morgan fingerprint density at radius 1 is 1.21 bits per heavy atom. The van der Waals surface area contributed by atoms with Crippen molar-refractivity contribution in [3.05, 3.63) is 59.1 Å². The highest BCUT2D eigenvalue weighted by Gasteiger charge is 2.19. The molecule has 0 amide bonds. The Balaban J connectivity index is 0.00000288. The summed E-state index contributed by atoms with van der Waals surface area (Å²) in [6.45, 7) is 4.87. The topological polar surface area (TPSA) is 59.6 Å². The van der Waals surface area contributed by atoms with E-state index in [1.54, 1.807) is 19.2 Å². The summed E-state index contributed by atoms with van der Waals surface area (Å²) in [5, 5.41) is 3.57. The van der Waals surface area contributed by atoms with Gasteiger partial charge in [-0.3, -0.25) is 4.99 Å². The van der Waals surface area contributed by atoms with Crippen LogP contribution in [0.4, 0.5) is 5.69 Å². The molecule has 6 heteroatoms. The van der Waals surface area contributed by atoms with Crippen LogP contribution in [0.3, 0.4) is 0 Å². The van der Waals surface area contributed by atoms with Crippen molar-refractivity contribution in [1.29, 1.82) is 0 Å². The zero-order valence-corrected chi connectivity index (χ0v) is 17.1. The van der Waals surface area contributed by atoms with E-state index in [9.17, 15) is 0 Å². The van der Waals surface area contributed by atoms with Gasteiger partial charge < -0.3 is 15.8 Å². The summed E-state index contributed by atoms with van der Waals surface area (Å²) in [5.41, 5.74) is 7.88. The van der Waals surface area contributed by atoms with Crippen LogP contribution in [0.2, 0.25) is 5.02 Å². The van der Waals surface area contributed by atoms with Gasteiger partial charge in [-0.25, -0.2) is 0 Å². The van der Waals surface area contributed by atoms with E-state index in [1.165, 1.54) is 5.56 Å². The Hall–Kier alpha value is -1.47. The number of benzene rings is 2. The number of rotatable bonds is 5. The van der Waals surface area contributed by atoms with Crippen molar-refractivity contribution in [2.24, 2.45) is 10.7 Å². The Morgan fingerprint density at radius 3 is 2.46 bits per heavy atom. The van der Waals surface area contributed by atoms with Crippen LogP contribution in [-0.4, -0.2) is 19.6 Å². The zero-order valence-electron chi connectivity index (χ0n) is 14.0. The molecule has 2 aromatic rings. The molecule has 0 fully saturated rings. The summed E-state index contributed by atoms with van der Waals surface area (Å²) in [6, 6.07) is 15.6. The molecule has 2 rings (SSSR count). The van der Waals surface area contributed by atoms with E-state index in [0.717, 1.165) is 5.69 Å². The van der Waals surface area contributed by atoms with Crippen molar-refractivity contribution in [2.45, 2.75) is 19.3 Å². The van der Waals surface area contributed by atoms with Gasteiger partial charge >= 0.3 is 0 Å². The fourth-order valence-electron chi connectivity index (χ4n) is 2.19. The second kappa shape index (κ2) is 9.13. The lowest BCUT2D eigenvalue weighted by Gasteiger charge is -2.23. The highest BCUT2D eigenvalue weighted by atomic mass is 127. The lowest BCUT2D eigenvalue weighted by Crippen LogP contribution is -2.27. The second-order valence-electron chi connectivity index (χ2n) is 5.93. The van der Waals surface area contributed by atoms with Gasteiger partial charge in [-0.15, -0.1) is 24.0 Å². The molecule has 0 bridgehead atoms. The molecule has 0 unspecified atom stereocenters. The molecule has 0 saturated carbocycles. The van der Waals surface area contributed by atoms with E-state index < -0.39 is 0 Å². The maximum atomic E-state index is 6.10. The monoisotopic (exact) mass is 459 g/mol. The number of methoxy groups -OCH3 is 1. The summed E-state index contributed by atoms with van der Waals surface area (Å²) in [4.78, 5) is 4.45. The van der Waals surface area contributed by atoms with Crippen LogP contribution >= 0.6 is 35.6 Å². The minimum absolute atomic E-state index is 0. The number of hydrogen-bond donors (Lipinski definition) is 2. The summed E-state index contributed by atoms with van der Waals surface area (Å²) >= 11 is 6.10. The predicted molar refractivity (Wildman–Crippen MR) is 113 cm³/mol. The van der Waals surface area contributed by atoms with Crippen LogP contribution in [0.15, 0.2) is 53.5 Å². The molecule has 0 aliphatic heterocycles. The average molecular weight is 460 g/mol. The summed E-state index contributed by atoms with van der Waals surface area (Å²) in [7, 11) is 1.58. The van der Waals surface area contributed by atoms with Gasteiger partial charge in [0.05, 0.1) is 18.7 Å². The van der Waals surface area contributed by atoms with E-state index in [4.69, 9.17) is 22.1 Å². The van der Waals surface area contributed by atoms with E-state index in [-0.39, 0.29) is 29.4 Å². The van der Waals surface area contributed by atoms with Gasteiger partial charge in [0.15, 0.2) is 5.96 Å². The first-order valence-corrected chi connectivity index (χ1v) is 7.76. The van der Waals surface area contributed by atoms with Crippen LogP contribution in [0.25, 0.3) is 0 Å². The second-order valence-corrected chi connectivity index (χ2v) is 6.33. The molecular weight excluding hydrogens is 437 g/mol. The van der Waals surface area contributed by atoms with Gasteiger partial charge in [-0.1, -0.05) is 55.8 Å². The van der Waals surface area contributed by atoms with Crippen LogP contribution in [0.1, 0.15) is 19.4 Å². The van der Waals surface area contributed by atoms with Gasteiger partial charge in [-0.2, -0.15) is 0 Å². The number of ether oxygens (including phenoxy) is 1. The minimum Gasteiger partial charge on any atom is -0.495 e. The third-order valence-corrected chi connectivity index (χ3v) is 3.92. The molecule has 0 aliphatic rings. The molecule has 0 aliphatic carbocycles. The third kappa shape index (κ3) is 5.56. The van der Waals surface area contributed by atoms with Crippen LogP contribution in [0.5, 0.6) is 5.75 Å². The van der Waals surface area contributed by atoms with E-state index in [2.05, 4.69) is 36.3 Å². The van der Waals surface area contributed by atoms with Gasteiger partial charge in [0, 0.05) is 11.1 Å². The summed E-state index contributed by atoms with van der Waals surface area (Å²) in [5.74, 6) is 0.980. The van der Waals surface area contributed by atoms with Crippen molar-refractivity contribution in [3.8, 4) is 5.75 Å². The largest absolute Gasteiger partial charge is 0.495 e. The number of anilines is 1. The fourth-order valence-corrected chi connectivity index (χ4v) is 2.45. The smallest absolute Gasteiger partial charge is 0.193 e. The van der Waals surface area contributed by atoms with Crippen LogP contribution in [-0.2, 0) is 5.41 Å². The normalized spacial score (nSPS) is 11.6. The molecule has 24 heavy (non-hydrogen) atoms. The van der Waals surface area contributed by atoms with Gasteiger partial charge in [0.25, 0.3) is 0 Å². The SMILES string of the molecule is COc1ccc(NC(N)=NCC(C)(C)c2ccccc2)cc1Cl.I. The van der Waals surface area contributed by atoms with Gasteiger partial charge in [-0.05, 0) is 23.8 Å². The predicted octanol–water partition coefficient (Wildman–Crippen LogP) is 4.67. The highest BCUT2D eigenvalue weighted by Crippen LogP contribution is 2.27. The molecule has 2 aromatic carbocycles. The fraction of sp³-hybridized carbons (Fsp3) is 0.278. The number of nitrogens with zero attached hydrogens (tertiary/aromatic N) is 1. The molecule has 0 atom stereocenters. The molecule has 0 saturated heterocycles.